The summed E-state index contributed by atoms with van der Waals surface area (Å²) < 4.78 is 12.1. The zero-order valence-electron chi connectivity index (χ0n) is 6.72. The molecule has 2 N–H and O–H groups in total. The van der Waals surface area contributed by atoms with Crippen molar-refractivity contribution in [3.8, 4) is 0 Å². The van der Waals surface area contributed by atoms with E-state index in [9.17, 15) is 4.55 Å². The van der Waals surface area contributed by atoms with Gasteiger partial charge in [0.05, 0.1) is 0 Å². The van der Waals surface area contributed by atoms with Crippen LogP contribution >= 0.6 is 20.4 Å². The average Bonchev–Trinajstić information content (AvgIpc) is 1.87. The summed E-state index contributed by atoms with van der Waals surface area (Å²) in [6.45, 7) is 4.17. The van der Waals surface area contributed by atoms with Crippen molar-refractivity contribution in [2.75, 3.05) is 12.8 Å². The van der Waals surface area contributed by atoms with Crippen LogP contribution in [-0.2, 0) is 0 Å². The highest BCUT2D eigenvalue weighted by atomic mass is 35.7. The molecule has 0 aromatic heterocycles. The lowest BCUT2D eigenvalue weighted by atomic mass is 10.2. The fourth-order valence-corrected chi connectivity index (χ4v) is 2.38. The van der Waals surface area contributed by atoms with Crippen molar-refractivity contribution >= 4 is 20.4 Å². The second-order valence-corrected chi connectivity index (χ2v) is 6.02. The molecule has 2 nitrogen and oxygen atoms in total. The molecular formula is C6H16ClNOS. The Kier molecular flexibility index (Phi) is 4.69. The van der Waals surface area contributed by atoms with Gasteiger partial charge in [-0.05, 0) is 33.4 Å². The molecule has 0 saturated heterocycles. The van der Waals surface area contributed by atoms with Gasteiger partial charge in [-0.1, -0.05) is 20.3 Å². The Morgan fingerprint density at radius 3 is 2.50 bits per heavy atom. The minimum Gasteiger partial charge on any atom is -0.325 e. The topological polar surface area (TPSA) is 32.3 Å². The third-order valence-corrected chi connectivity index (χ3v) is 3.99. The second-order valence-electron chi connectivity index (χ2n) is 2.50. The zero-order valence-corrected chi connectivity index (χ0v) is 8.30. The van der Waals surface area contributed by atoms with Gasteiger partial charge in [-0.2, -0.15) is 0 Å². The number of hydrogen-bond donors (Lipinski definition) is 2. The predicted molar refractivity (Wildman–Crippen MR) is 49.5 cm³/mol. The van der Waals surface area contributed by atoms with Crippen molar-refractivity contribution < 1.29 is 4.55 Å². The molecule has 0 amide bonds. The molecule has 2 atom stereocenters. The van der Waals surface area contributed by atoms with Gasteiger partial charge in [-0.25, -0.2) is 0 Å². The largest absolute Gasteiger partial charge is 0.325 e. The van der Waals surface area contributed by atoms with E-state index < -0.39 is 9.71 Å². The van der Waals surface area contributed by atoms with Crippen LogP contribution in [0.4, 0.5) is 0 Å². The van der Waals surface area contributed by atoms with E-state index in [-0.39, 0.29) is 0 Å². The normalized spacial score (nSPS) is 23.3. The number of halogens is 1. The molecule has 64 valence electrons. The molecule has 0 aliphatic rings. The van der Waals surface area contributed by atoms with E-state index in [1.54, 1.807) is 7.05 Å². The molecule has 10 heavy (non-hydrogen) atoms. The van der Waals surface area contributed by atoms with E-state index in [0.29, 0.717) is 11.7 Å². The summed E-state index contributed by atoms with van der Waals surface area (Å²) in [6.07, 6.45) is 1.06. The third-order valence-electron chi connectivity index (χ3n) is 1.52. The molecule has 2 unspecified atom stereocenters. The molecule has 0 aliphatic carbocycles. The van der Waals surface area contributed by atoms with Crippen LogP contribution in [0.25, 0.3) is 0 Å². The maximum absolute atomic E-state index is 9.36. The van der Waals surface area contributed by atoms with Gasteiger partial charge in [-0.3, -0.25) is 4.72 Å². The van der Waals surface area contributed by atoms with Crippen molar-refractivity contribution in [1.29, 1.82) is 0 Å². The zero-order chi connectivity index (χ0) is 8.20. The number of hydrogen-bond acceptors (Lipinski definition) is 2. The van der Waals surface area contributed by atoms with Crippen LogP contribution in [0, 0.1) is 5.92 Å². The van der Waals surface area contributed by atoms with Gasteiger partial charge >= 0.3 is 0 Å². The Morgan fingerprint density at radius 1 is 1.70 bits per heavy atom. The second kappa shape index (κ2) is 4.44. The Labute approximate surface area is 69.1 Å². The summed E-state index contributed by atoms with van der Waals surface area (Å²) in [5.41, 5.74) is 0. The molecule has 0 spiro atoms. The van der Waals surface area contributed by atoms with Crippen LogP contribution in [0.3, 0.4) is 0 Å². The van der Waals surface area contributed by atoms with Crippen LogP contribution in [0.2, 0.25) is 0 Å². The van der Waals surface area contributed by atoms with Gasteiger partial charge in [-0.15, -0.1) is 0 Å². The summed E-state index contributed by atoms with van der Waals surface area (Å²) in [4.78, 5) is 0. The molecular weight excluding hydrogens is 170 g/mol. The van der Waals surface area contributed by atoms with Crippen LogP contribution in [0.15, 0.2) is 0 Å². The lowest BCUT2D eigenvalue weighted by Crippen LogP contribution is -2.17. The highest BCUT2D eigenvalue weighted by Gasteiger charge is 2.16. The first kappa shape index (κ1) is 10.6. The first-order valence-electron chi connectivity index (χ1n) is 3.43. The fraction of sp³-hybridized carbons (Fsp3) is 1.00. The van der Waals surface area contributed by atoms with E-state index in [4.69, 9.17) is 10.7 Å². The van der Waals surface area contributed by atoms with Crippen LogP contribution < -0.4 is 4.72 Å². The maximum atomic E-state index is 9.36. The first-order valence-corrected chi connectivity index (χ1v) is 6.02. The van der Waals surface area contributed by atoms with E-state index in [1.165, 1.54) is 0 Å². The predicted octanol–water partition coefficient (Wildman–Crippen LogP) is 2.60. The molecule has 0 aliphatic heterocycles. The molecule has 0 fully saturated rings. The van der Waals surface area contributed by atoms with E-state index >= 15 is 0 Å². The summed E-state index contributed by atoms with van der Waals surface area (Å²) in [7, 11) is 5.40. The molecule has 4 heteroatoms. The Bertz CT molecular complexity index is 99.7. The van der Waals surface area contributed by atoms with Crippen LogP contribution in [0.5, 0.6) is 0 Å². The highest BCUT2D eigenvalue weighted by Crippen LogP contribution is 2.45. The Morgan fingerprint density at radius 2 is 2.20 bits per heavy atom. The fourth-order valence-electron chi connectivity index (χ4n) is 0.578. The number of rotatable bonds is 4. The summed E-state index contributed by atoms with van der Waals surface area (Å²) >= 11 is 0. The molecule has 0 aromatic rings. The van der Waals surface area contributed by atoms with Gasteiger partial charge in [0.15, 0.2) is 0 Å². The maximum Gasteiger partial charge on any atom is 0.0276 e. The minimum atomic E-state index is -2.01. The van der Waals surface area contributed by atoms with E-state index in [0.717, 1.165) is 6.42 Å². The Hall–Kier alpha value is 0.560. The third kappa shape index (κ3) is 4.39. The lowest BCUT2D eigenvalue weighted by molar-refractivity contribution is 0.582. The van der Waals surface area contributed by atoms with Gasteiger partial charge in [0.25, 0.3) is 0 Å². The molecule has 0 radical (unpaired) electrons. The average molecular weight is 186 g/mol. The molecule has 0 saturated carbocycles. The van der Waals surface area contributed by atoms with Gasteiger partial charge in [0, 0.05) is 5.75 Å². The van der Waals surface area contributed by atoms with Crippen molar-refractivity contribution in [3.63, 3.8) is 0 Å². The summed E-state index contributed by atoms with van der Waals surface area (Å²) in [6, 6.07) is 0. The van der Waals surface area contributed by atoms with Crippen molar-refractivity contribution in [2.45, 2.75) is 20.3 Å². The first-order chi connectivity index (χ1) is 4.52. The van der Waals surface area contributed by atoms with Crippen LogP contribution in [-0.4, -0.2) is 17.4 Å². The molecule has 0 rings (SSSR count). The molecule has 0 heterocycles. The van der Waals surface area contributed by atoms with E-state index in [1.807, 2.05) is 0 Å². The summed E-state index contributed by atoms with van der Waals surface area (Å²) in [5, 5.41) is 0. The van der Waals surface area contributed by atoms with Crippen molar-refractivity contribution in [1.82, 2.24) is 4.72 Å². The monoisotopic (exact) mass is 185 g/mol. The molecule has 0 bridgehead atoms. The number of nitrogens with one attached hydrogen (secondary N) is 1. The standard InChI is InChI=1S/C6H16ClNOS/c1-4-6(2)5-10(7,9)8-3/h6,8-9H,4-5H2,1-3H3. The Balaban J connectivity index is 3.64. The van der Waals surface area contributed by atoms with Crippen molar-refractivity contribution in [3.05, 3.63) is 0 Å². The minimum absolute atomic E-state index is 0.491. The summed E-state index contributed by atoms with van der Waals surface area (Å²) in [5.74, 6) is 1.16. The van der Waals surface area contributed by atoms with Crippen molar-refractivity contribution in [2.24, 2.45) is 5.92 Å². The van der Waals surface area contributed by atoms with Gasteiger partial charge in [0.1, 0.15) is 0 Å². The quantitative estimate of drug-likeness (QED) is 0.706. The van der Waals surface area contributed by atoms with Gasteiger partial charge < -0.3 is 4.55 Å². The van der Waals surface area contributed by atoms with Gasteiger partial charge in [0.2, 0.25) is 0 Å². The highest BCUT2D eigenvalue weighted by molar-refractivity contribution is 8.45. The van der Waals surface area contributed by atoms with Crippen LogP contribution in [0.1, 0.15) is 20.3 Å². The SMILES string of the molecule is CCC(C)CS(O)(Cl)NC. The molecule has 0 aromatic carbocycles. The lowest BCUT2D eigenvalue weighted by Gasteiger charge is -2.27. The van der Waals surface area contributed by atoms with E-state index in [2.05, 4.69) is 18.6 Å². The smallest absolute Gasteiger partial charge is 0.0276 e.